The van der Waals surface area contributed by atoms with Crippen LogP contribution in [0.1, 0.15) is 35.0 Å². The Morgan fingerprint density at radius 1 is 1.30 bits per heavy atom. The Kier molecular flexibility index (Phi) is 6.16. The lowest BCUT2D eigenvalue weighted by molar-refractivity contribution is 0.0903. The van der Waals surface area contributed by atoms with Crippen LogP contribution in [0.25, 0.3) is 0 Å². The monoisotopic (exact) mass is 369 g/mol. The summed E-state index contributed by atoms with van der Waals surface area (Å²) in [6.07, 6.45) is 1.15. The zero-order valence-corrected chi connectivity index (χ0v) is 17.1. The predicted octanol–water partition coefficient (Wildman–Crippen LogP) is 2.82. The summed E-state index contributed by atoms with van der Waals surface area (Å²) in [5.41, 5.74) is 4.71. The van der Waals surface area contributed by atoms with Crippen molar-refractivity contribution in [3.05, 3.63) is 52.8 Å². The van der Waals surface area contributed by atoms with Crippen molar-refractivity contribution in [2.45, 2.75) is 32.9 Å². The number of nitrogens with one attached hydrogen (secondary N) is 1. The summed E-state index contributed by atoms with van der Waals surface area (Å²) in [6.45, 7) is 6.50. The average Bonchev–Trinajstić information content (AvgIpc) is 3.19. The van der Waals surface area contributed by atoms with Gasteiger partial charge >= 0.3 is 0 Å². The summed E-state index contributed by atoms with van der Waals surface area (Å²) in [5.74, 6) is 1.32. The van der Waals surface area contributed by atoms with Gasteiger partial charge in [-0.05, 0) is 25.8 Å². The van der Waals surface area contributed by atoms with Crippen LogP contribution < -0.4 is 5.32 Å². The van der Waals surface area contributed by atoms with Crippen molar-refractivity contribution in [2.75, 3.05) is 27.2 Å². The second-order valence-corrected chi connectivity index (χ2v) is 7.45. The van der Waals surface area contributed by atoms with Gasteiger partial charge in [-0.15, -0.1) is 0 Å². The Morgan fingerprint density at radius 3 is 2.67 bits per heavy atom. The van der Waals surface area contributed by atoms with E-state index in [1.165, 1.54) is 16.8 Å². The molecule has 0 aliphatic carbocycles. The number of ether oxygens (including phenoxy) is 1. The summed E-state index contributed by atoms with van der Waals surface area (Å²) in [5, 5.41) is 8.11. The SMILES string of the molecule is Cc1nn(C)c(C)c1[C@@H]1OCC[C@H]1CNC(=NCc1ccccc1)N(C)C. The maximum atomic E-state index is 6.10. The molecule has 1 saturated heterocycles. The van der Waals surface area contributed by atoms with Gasteiger partial charge < -0.3 is 15.0 Å². The molecule has 27 heavy (non-hydrogen) atoms. The molecule has 2 atom stereocenters. The third-order valence-electron chi connectivity index (χ3n) is 5.26. The molecule has 146 valence electrons. The van der Waals surface area contributed by atoms with Gasteiger partial charge in [0, 0.05) is 51.5 Å². The van der Waals surface area contributed by atoms with E-state index in [1.54, 1.807) is 0 Å². The van der Waals surface area contributed by atoms with Gasteiger partial charge in [0.25, 0.3) is 0 Å². The number of rotatable bonds is 5. The minimum Gasteiger partial charge on any atom is -0.373 e. The number of aryl methyl sites for hydroxylation is 2. The maximum Gasteiger partial charge on any atom is 0.193 e. The molecule has 6 heteroatoms. The van der Waals surface area contributed by atoms with E-state index in [2.05, 4.69) is 36.4 Å². The minimum absolute atomic E-state index is 0.101. The molecular weight excluding hydrogens is 338 g/mol. The van der Waals surface area contributed by atoms with Gasteiger partial charge in [0.1, 0.15) is 0 Å². The normalized spacial score (nSPS) is 20.1. The van der Waals surface area contributed by atoms with Crippen molar-refractivity contribution < 1.29 is 4.74 Å². The Hall–Kier alpha value is -2.34. The molecule has 6 nitrogen and oxygen atoms in total. The summed E-state index contributed by atoms with van der Waals surface area (Å²) in [4.78, 5) is 6.80. The van der Waals surface area contributed by atoms with Crippen LogP contribution in [0.2, 0.25) is 0 Å². The van der Waals surface area contributed by atoms with E-state index in [4.69, 9.17) is 9.73 Å². The molecule has 0 bridgehead atoms. The van der Waals surface area contributed by atoms with E-state index in [1.807, 2.05) is 48.9 Å². The molecule has 3 rings (SSSR count). The number of hydrogen-bond donors (Lipinski definition) is 1. The van der Waals surface area contributed by atoms with Crippen molar-refractivity contribution in [1.82, 2.24) is 20.0 Å². The maximum absolute atomic E-state index is 6.10. The van der Waals surface area contributed by atoms with Crippen molar-refractivity contribution in [3.63, 3.8) is 0 Å². The molecule has 0 unspecified atom stereocenters. The first-order chi connectivity index (χ1) is 13.0. The van der Waals surface area contributed by atoms with Crippen LogP contribution in [0.5, 0.6) is 0 Å². The van der Waals surface area contributed by atoms with Crippen molar-refractivity contribution >= 4 is 5.96 Å². The fourth-order valence-corrected chi connectivity index (χ4v) is 3.69. The lowest BCUT2D eigenvalue weighted by Crippen LogP contribution is -2.39. The van der Waals surface area contributed by atoms with Gasteiger partial charge in [-0.1, -0.05) is 30.3 Å². The van der Waals surface area contributed by atoms with Gasteiger partial charge in [0.05, 0.1) is 18.3 Å². The third-order valence-corrected chi connectivity index (χ3v) is 5.26. The van der Waals surface area contributed by atoms with Gasteiger partial charge in [-0.25, -0.2) is 4.99 Å². The molecule has 0 radical (unpaired) electrons. The van der Waals surface area contributed by atoms with E-state index in [0.717, 1.165) is 31.2 Å². The number of hydrogen-bond acceptors (Lipinski definition) is 3. The molecule has 1 aromatic carbocycles. The average molecular weight is 370 g/mol. The Balaban J connectivity index is 1.67. The summed E-state index contributed by atoms with van der Waals surface area (Å²) in [7, 11) is 6.04. The van der Waals surface area contributed by atoms with Gasteiger partial charge in [-0.2, -0.15) is 5.10 Å². The van der Waals surface area contributed by atoms with Gasteiger partial charge in [0.15, 0.2) is 5.96 Å². The molecule has 1 N–H and O–H groups in total. The minimum atomic E-state index is 0.101. The van der Waals surface area contributed by atoms with Crippen LogP contribution in [0, 0.1) is 19.8 Å². The first kappa shape index (κ1) is 19.4. The molecule has 0 saturated carbocycles. The first-order valence-electron chi connectivity index (χ1n) is 9.58. The Bertz CT molecular complexity index is 781. The molecule has 1 aliphatic heterocycles. The second-order valence-electron chi connectivity index (χ2n) is 7.45. The number of guanidine groups is 1. The van der Waals surface area contributed by atoms with E-state index >= 15 is 0 Å². The standard InChI is InChI=1S/C21H31N5O/c1-15-19(16(2)26(5)24-15)20-18(11-12-27-20)14-23-21(25(3)4)22-13-17-9-7-6-8-10-17/h6-10,18,20H,11-14H2,1-5H3,(H,22,23)/t18-,20+/m0/s1. The smallest absolute Gasteiger partial charge is 0.193 e. The van der Waals surface area contributed by atoms with Crippen LogP contribution in [0.3, 0.4) is 0 Å². The number of benzene rings is 1. The predicted molar refractivity (Wildman–Crippen MR) is 109 cm³/mol. The van der Waals surface area contributed by atoms with Crippen molar-refractivity contribution in [1.29, 1.82) is 0 Å². The van der Waals surface area contributed by atoms with Crippen LogP contribution >= 0.6 is 0 Å². The van der Waals surface area contributed by atoms with Crippen molar-refractivity contribution in [3.8, 4) is 0 Å². The molecule has 2 heterocycles. The molecule has 0 amide bonds. The van der Waals surface area contributed by atoms with Crippen LogP contribution in [-0.4, -0.2) is 47.9 Å². The number of aromatic nitrogens is 2. The van der Waals surface area contributed by atoms with E-state index in [-0.39, 0.29) is 6.10 Å². The van der Waals surface area contributed by atoms with Crippen LogP contribution in [-0.2, 0) is 18.3 Å². The van der Waals surface area contributed by atoms with Gasteiger partial charge in [-0.3, -0.25) is 4.68 Å². The quantitative estimate of drug-likeness (QED) is 0.650. The van der Waals surface area contributed by atoms with Crippen molar-refractivity contribution in [2.24, 2.45) is 18.0 Å². The molecular formula is C21H31N5O. The lowest BCUT2D eigenvalue weighted by atomic mass is 9.94. The first-order valence-corrected chi connectivity index (χ1v) is 9.58. The summed E-state index contributed by atoms with van der Waals surface area (Å²) in [6, 6.07) is 10.3. The zero-order chi connectivity index (χ0) is 19.4. The van der Waals surface area contributed by atoms with Gasteiger partial charge in [0.2, 0.25) is 0 Å². The summed E-state index contributed by atoms with van der Waals surface area (Å²) < 4.78 is 8.05. The van der Waals surface area contributed by atoms with E-state index in [0.29, 0.717) is 12.5 Å². The molecule has 1 aliphatic rings. The highest BCUT2D eigenvalue weighted by Crippen LogP contribution is 2.37. The van der Waals surface area contributed by atoms with Crippen LogP contribution in [0.15, 0.2) is 35.3 Å². The molecule has 1 aromatic heterocycles. The fraction of sp³-hybridized carbons (Fsp3) is 0.524. The second kappa shape index (κ2) is 8.57. The number of nitrogens with zero attached hydrogens (tertiary/aromatic N) is 4. The molecule has 1 fully saturated rings. The highest BCUT2D eigenvalue weighted by atomic mass is 16.5. The highest BCUT2D eigenvalue weighted by molar-refractivity contribution is 5.79. The summed E-state index contributed by atoms with van der Waals surface area (Å²) >= 11 is 0. The third kappa shape index (κ3) is 4.50. The highest BCUT2D eigenvalue weighted by Gasteiger charge is 2.33. The number of aliphatic imine (C=N–C) groups is 1. The molecule has 2 aromatic rings. The fourth-order valence-electron chi connectivity index (χ4n) is 3.69. The topological polar surface area (TPSA) is 54.7 Å². The lowest BCUT2D eigenvalue weighted by Gasteiger charge is -2.23. The zero-order valence-electron chi connectivity index (χ0n) is 17.1. The molecule has 0 spiro atoms. The van der Waals surface area contributed by atoms with E-state index < -0.39 is 0 Å². The van der Waals surface area contributed by atoms with Crippen LogP contribution in [0.4, 0.5) is 0 Å². The largest absolute Gasteiger partial charge is 0.373 e. The Labute approximate surface area is 162 Å². The van der Waals surface area contributed by atoms with E-state index in [9.17, 15) is 0 Å². The Morgan fingerprint density at radius 2 is 2.04 bits per heavy atom.